The molecule has 2 rings (SSSR count). The van der Waals surface area contributed by atoms with E-state index in [9.17, 15) is 4.79 Å². The molecule has 2 aromatic rings. The Hall–Kier alpha value is -2.13. The summed E-state index contributed by atoms with van der Waals surface area (Å²) in [6.45, 7) is 5.60. The van der Waals surface area contributed by atoms with Crippen molar-refractivity contribution in [3.05, 3.63) is 64.2 Å². The van der Waals surface area contributed by atoms with Gasteiger partial charge in [-0.15, -0.1) is 0 Å². The maximum Gasteiger partial charge on any atom is 0.343 e. The van der Waals surface area contributed by atoms with E-state index in [2.05, 4.69) is 0 Å². The summed E-state index contributed by atoms with van der Waals surface area (Å²) in [7, 11) is 0. The lowest BCUT2D eigenvalue weighted by atomic mass is 10.1. The van der Waals surface area contributed by atoms with E-state index < -0.39 is 0 Å². The molecule has 0 spiro atoms. The van der Waals surface area contributed by atoms with Crippen LogP contribution < -0.4 is 4.74 Å². The molecule has 3 heteroatoms. The third kappa shape index (κ3) is 2.89. The first kappa shape index (κ1) is 14.3. The number of ether oxygens (including phenoxy) is 1. The Morgan fingerprint density at radius 3 is 2.20 bits per heavy atom. The number of carbonyl (C=O) groups is 1. The number of aryl methyl sites for hydroxylation is 3. The Morgan fingerprint density at radius 1 is 1.05 bits per heavy atom. The highest BCUT2D eigenvalue weighted by Gasteiger charge is 2.14. The Balaban J connectivity index is 2.31. The summed E-state index contributed by atoms with van der Waals surface area (Å²) in [6, 6.07) is 11.0. The molecule has 1 N–H and O–H groups in total. The zero-order valence-electron chi connectivity index (χ0n) is 11.9. The Morgan fingerprint density at radius 2 is 1.65 bits per heavy atom. The molecule has 104 valence electrons. The van der Waals surface area contributed by atoms with E-state index >= 15 is 0 Å². The van der Waals surface area contributed by atoms with Gasteiger partial charge >= 0.3 is 5.97 Å². The van der Waals surface area contributed by atoms with Gasteiger partial charge in [0.2, 0.25) is 0 Å². The van der Waals surface area contributed by atoms with Gasteiger partial charge in [0, 0.05) is 0 Å². The van der Waals surface area contributed by atoms with Crippen molar-refractivity contribution in [2.45, 2.75) is 27.4 Å². The van der Waals surface area contributed by atoms with E-state index in [1.54, 1.807) is 6.07 Å². The third-order valence-corrected chi connectivity index (χ3v) is 3.26. The molecule has 0 amide bonds. The Bertz CT molecular complexity index is 621. The number of aliphatic hydroxyl groups excluding tert-OH is 1. The highest BCUT2D eigenvalue weighted by molar-refractivity contribution is 5.92. The number of aliphatic hydroxyl groups is 1. The van der Waals surface area contributed by atoms with Crippen LogP contribution in [0.25, 0.3) is 0 Å². The van der Waals surface area contributed by atoms with Crippen molar-refractivity contribution in [1.82, 2.24) is 0 Å². The molecule has 0 aromatic heterocycles. The van der Waals surface area contributed by atoms with E-state index in [1.165, 1.54) is 0 Å². The van der Waals surface area contributed by atoms with Gasteiger partial charge in [0.05, 0.1) is 12.2 Å². The van der Waals surface area contributed by atoms with Gasteiger partial charge in [0.1, 0.15) is 5.75 Å². The summed E-state index contributed by atoms with van der Waals surface area (Å²) >= 11 is 0. The molecular weight excluding hydrogens is 252 g/mol. The van der Waals surface area contributed by atoms with Crippen LogP contribution in [0, 0.1) is 20.8 Å². The average Bonchev–Trinajstić information content (AvgIpc) is 2.42. The first-order valence-corrected chi connectivity index (χ1v) is 6.51. The number of rotatable bonds is 3. The van der Waals surface area contributed by atoms with Crippen LogP contribution in [0.15, 0.2) is 36.4 Å². The monoisotopic (exact) mass is 270 g/mol. The smallest absolute Gasteiger partial charge is 0.343 e. The fraction of sp³-hybridized carbons (Fsp3) is 0.235. The number of hydrogen-bond donors (Lipinski definition) is 1. The van der Waals surface area contributed by atoms with Gasteiger partial charge in [-0.25, -0.2) is 4.79 Å². The quantitative estimate of drug-likeness (QED) is 0.687. The topological polar surface area (TPSA) is 46.5 Å². The fourth-order valence-electron chi connectivity index (χ4n) is 2.24. The summed E-state index contributed by atoms with van der Waals surface area (Å²) in [6.07, 6.45) is 0. The van der Waals surface area contributed by atoms with Gasteiger partial charge in [-0.3, -0.25) is 0 Å². The third-order valence-electron chi connectivity index (χ3n) is 3.26. The van der Waals surface area contributed by atoms with Crippen LogP contribution in [0.1, 0.15) is 32.6 Å². The number of carbonyl (C=O) groups excluding carboxylic acids is 1. The zero-order chi connectivity index (χ0) is 14.7. The average molecular weight is 270 g/mol. The van der Waals surface area contributed by atoms with Gasteiger partial charge in [-0.05, 0) is 49.1 Å². The van der Waals surface area contributed by atoms with Crippen LogP contribution in [0.4, 0.5) is 0 Å². The Kier molecular flexibility index (Phi) is 4.20. The molecule has 0 unspecified atom stereocenters. The molecule has 2 aromatic carbocycles. The summed E-state index contributed by atoms with van der Waals surface area (Å²) in [4.78, 5) is 12.2. The summed E-state index contributed by atoms with van der Waals surface area (Å²) in [5, 5.41) is 9.17. The van der Waals surface area contributed by atoms with Gasteiger partial charge in [0.15, 0.2) is 0 Å². The highest BCUT2D eigenvalue weighted by Crippen LogP contribution is 2.26. The maximum atomic E-state index is 12.2. The predicted molar refractivity (Wildman–Crippen MR) is 78.0 cm³/mol. The lowest BCUT2D eigenvalue weighted by molar-refractivity contribution is 0.0731. The minimum atomic E-state index is -0.356. The van der Waals surface area contributed by atoms with Crippen molar-refractivity contribution in [1.29, 1.82) is 0 Å². The van der Waals surface area contributed by atoms with Crippen LogP contribution in [0.5, 0.6) is 5.75 Å². The van der Waals surface area contributed by atoms with Gasteiger partial charge in [-0.2, -0.15) is 0 Å². The van der Waals surface area contributed by atoms with Crippen LogP contribution >= 0.6 is 0 Å². The zero-order valence-corrected chi connectivity index (χ0v) is 11.9. The molecule has 3 nitrogen and oxygen atoms in total. The maximum absolute atomic E-state index is 12.2. The largest absolute Gasteiger partial charge is 0.422 e. The molecule has 0 aliphatic carbocycles. The van der Waals surface area contributed by atoms with Crippen molar-refractivity contribution in [2.24, 2.45) is 0 Å². The fourth-order valence-corrected chi connectivity index (χ4v) is 2.24. The van der Waals surface area contributed by atoms with E-state index in [0.29, 0.717) is 11.3 Å². The molecule has 0 aliphatic heterocycles. The minimum absolute atomic E-state index is 0.0201. The van der Waals surface area contributed by atoms with Crippen molar-refractivity contribution in [3.8, 4) is 5.75 Å². The van der Waals surface area contributed by atoms with Crippen molar-refractivity contribution >= 4 is 5.97 Å². The SMILES string of the molecule is Cc1ccccc1C(=O)Oc1c(C)cc(CO)cc1C. The number of benzene rings is 2. The van der Waals surface area contributed by atoms with Crippen LogP contribution in [0.3, 0.4) is 0 Å². The molecule has 20 heavy (non-hydrogen) atoms. The second-order valence-corrected chi connectivity index (χ2v) is 4.92. The molecule has 0 saturated heterocycles. The molecule has 0 heterocycles. The van der Waals surface area contributed by atoms with Gasteiger partial charge in [0.25, 0.3) is 0 Å². The summed E-state index contributed by atoms with van der Waals surface area (Å²) < 4.78 is 5.52. The van der Waals surface area contributed by atoms with Crippen molar-refractivity contribution in [3.63, 3.8) is 0 Å². The standard InChI is InChI=1S/C17H18O3/c1-11-6-4-5-7-15(11)17(19)20-16-12(2)8-14(10-18)9-13(16)3/h4-9,18H,10H2,1-3H3. The van der Waals surface area contributed by atoms with Crippen LogP contribution in [0.2, 0.25) is 0 Å². The summed E-state index contributed by atoms with van der Waals surface area (Å²) in [5.74, 6) is 0.210. The lowest BCUT2D eigenvalue weighted by Gasteiger charge is -2.13. The van der Waals surface area contributed by atoms with Crippen molar-refractivity contribution in [2.75, 3.05) is 0 Å². The van der Waals surface area contributed by atoms with E-state index in [1.807, 2.05) is 51.1 Å². The predicted octanol–water partition coefficient (Wildman–Crippen LogP) is 3.32. The van der Waals surface area contributed by atoms with Crippen LogP contribution in [-0.2, 0) is 6.61 Å². The summed E-state index contributed by atoms with van der Waals surface area (Å²) in [5.41, 5.74) is 3.96. The van der Waals surface area contributed by atoms with E-state index in [-0.39, 0.29) is 12.6 Å². The van der Waals surface area contributed by atoms with E-state index in [0.717, 1.165) is 22.3 Å². The van der Waals surface area contributed by atoms with Gasteiger partial charge in [-0.1, -0.05) is 30.3 Å². The minimum Gasteiger partial charge on any atom is -0.422 e. The molecule has 0 atom stereocenters. The first-order valence-electron chi connectivity index (χ1n) is 6.51. The molecule has 0 radical (unpaired) electrons. The lowest BCUT2D eigenvalue weighted by Crippen LogP contribution is -2.12. The molecular formula is C17H18O3. The van der Waals surface area contributed by atoms with Crippen LogP contribution in [-0.4, -0.2) is 11.1 Å². The first-order chi connectivity index (χ1) is 9.52. The molecule has 0 fully saturated rings. The van der Waals surface area contributed by atoms with Crippen molar-refractivity contribution < 1.29 is 14.6 Å². The second kappa shape index (κ2) is 5.88. The molecule has 0 bridgehead atoms. The normalized spacial score (nSPS) is 10.4. The van der Waals surface area contributed by atoms with E-state index in [4.69, 9.17) is 9.84 Å². The molecule has 0 aliphatic rings. The number of hydrogen-bond acceptors (Lipinski definition) is 3. The number of esters is 1. The second-order valence-electron chi connectivity index (χ2n) is 4.92. The highest BCUT2D eigenvalue weighted by atomic mass is 16.5. The Labute approximate surface area is 118 Å². The molecule has 0 saturated carbocycles. The van der Waals surface area contributed by atoms with Gasteiger partial charge < -0.3 is 9.84 Å².